The van der Waals surface area contributed by atoms with E-state index in [4.69, 9.17) is 18.5 Å². The van der Waals surface area contributed by atoms with Gasteiger partial charge in [-0.25, -0.2) is 0 Å². The van der Waals surface area contributed by atoms with Gasteiger partial charge in [0.25, 0.3) is 7.82 Å². The van der Waals surface area contributed by atoms with Crippen LogP contribution in [0.2, 0.25) is 0 Å². The predicted molar refractivity (Wildman–Crippen MR) is 237 cm³/mol. The number of esters is 2. The fraction of sp³-hybridized carbons (Fsp3) is 0.787. The Balaban J connectivity index is 0.0000372. The minimum atomic E-state index is -5.38. The molecule has 1 fully saturated rings. The van der Waals surface area contributed by atoms with Gasteiger partial charge in [-0.1, -0.05) is 165 Å². The number of phosphoric ester groups is 1. The maximum atomic E-state index is 12.7. The van der Waals surface area contributed by atoms with Crippen LogP contribution in [0.15, 0.2) is 48.6 Å². The molecule has 0 heterocycles. The number of aliphatic hydroxyl groups excluding tert-OH is 5. The summed E-state index contributed by atoms with van der Waals surface area (Å²) >= 11 is 0. The number of carbonyl (C=O) groups is 2. The molecule has 15 heteroatoms. The van der Waals surface area contributed by atoms with Crippen molar-refractivity contribution in [2.24, 2.45) is 0 Å². The van der Waals surface area contributed by atoms with Crippen LogP contribution < -0.4 is 34.5 Å². The fourth-order valence-corrected chi connectivity index (χ4v) is 7.82. The SMILES string of the molecule is CCCCC/C=C\C/C=C\C/C=C\C/C=C\CCCC(=O)O[C@H](COC(=O)CCCCCCCCCCCCCCCCC)COP(=O)([O-])OC1C(O)C(O)C(O)[C@@H](O)C1O.[Na+]. The summed E-state index contributed by atoms with van der Waals surface area (Å²) in [4.78, 5) is 38.0. The van der Waals surface area contributed by atoms with E-state index in [2.05, 4.69) is 50.3 Å². The van der Waals surface area contributed by atoms with E-state index in [-0.39, 0.29) is 42.4 Å². The maximum Gasteiger partial charge on any atom is 1.00 e. The second kappa shape index (κ2) is 40.1. The minimum Gasteiger partial charge on any atom is -0.756 e. The van der Waals surface area contributed by atoms with Gasteiger partial charge >= 0.3 is 41.5 Å². The van der Waals surface area contributed by atoms with Crippen LogP contribution >= 0.6 is 7.82 Å². The van der Waals surface area contributed by atoms with Crippen molar-refractivity contribution in [1.82, 2.24) is 0 Å². The molecule has 5 N–H and O–H groups in total. The Kier molecular flexibility index (Phi) is 39.3. The zero-order valence-corrected chi connectivity index (χ0v) is 41.3. The largest absolute Gasteiger partial charge is 1.00 e. The van der Waals surface area contributed by atoms with Crippen LogP contribution in [0.4, 0.5) is 0 Å². The molecule has 354 valence electrons. The van der Waals surface area contributed by atoms with E-state index in [0.29, 0.717) is 19.3 Å². The van der Waals surface area contributed by atoms with E-state index in [0.717, 1.165) is 44.9 Å². The number of ether oxygens (including phenoxy) is 2. The Morgan fingerprint density at radius 1 is 0.532 bits per heavy atom. The van der Waals surface area contributed by atoms with Gasteiger partial charge in [-0.3, -0.25) is 14.2 Å². The number of hydrogen-bond donors (Lipinski definition) is 5. The molecule has 1 aliphatic carbocycles. The van der Waals surface area contributed by atoms with Crippen molar-refractivity contribution in [3.8, 4) is 0 Å². The Labute approximate surface area is 395 Å². The van der Waals surface area contributed by atoms with Crippen LogP contribution in [0.5, 0.6) is 0 Å². The van der Waals surface area contributed by atoms with Crippen LogP contribution in [-0.2, 0) is 32.7 Å². The second-order valence-corrected chi connectivity index (χ2v) is 17.6. The first-order chi connectivity index (χ1) is 29.4. The molecule has 0 saturated heterocycles. The van der Waals surface area contributed by atoms with Gasteiger partial charge in [0.15, 0.2) is 6.10 Å². The number of allylic oxidation sites excluding steroid dienone is 8. The molecule has 0 aromatic heterocycles. The molecule has 0 amide bonds. The third kappa shape index (κ3) is 31.6. The van der Waals surface area contributed by atoms with Crippen molar-refractivity contribution in [3.63, 3.8) is 0 Å². The van der Waals surface area contributed by atoms with E-state index in [1.165, 1.54) is 89.9 Å². The van der Waals surface area contributed by atoms with E-state index < -0.39 is 75.7 Å². The fourth-order valence-electron chi connectivity index (χ4n) is 6.86. The molecular formula is C47H82NaO13P. The van der Waals surface area contributed by atoms with Crippen LogP contribution in [-0.4, -0.2) is 93.4 Å². The smallest absolute Gasteiger partial charge is 0.756 e. The van der Waals surface area contributed by atoms with Crippen molar-refractivity contribution in [1.29, 1.82) is 0 Å². The average molecular weight is 909 g/mol. The first kappa shape index (κ1) is 60.8. The normalized spacial score (nSPS) is 22.1. The molecule has 0 radical (unpaired) electrons. The number of aliphatic hydroxyl groups is 5. The summed E-state index contributed by atoms with van der Waals surface area (Å²) < 4.78 is 33.1. The van der Waals surface area contributed by atoms with Crippen molar-refractivity contribution in [2.75, 3.05) is 13.2 Å². The average Bonchev–Trinajstić information content (AvgIpc) is 3.24. The number of carbonyl (C=O) groups excluding carboxylic acids is 2. The summed E-state index contributed by atoms with van der Waals surface area (Å²) in [6.07, 6.45) is 29.8. The predicted octanol–water partition coefficient (Wildman–Crippen LogP) is 5.54. The van der Waals surface area contributed by atoms with Gasteiger partial charge in [-0.15, -0.1) is 0 Å². The Bertz CT molecular complexity index is 1260. The quantitative estimate of drug-likeness (QED) is 0.0170. The molecule has 13 nitrogen and oxygen atoms in total. The van der Waals surface area contributed by atoms with Crippen LogP contribution in [0, 0.1) is 0 Å². The zero-order valence-electron chi connectivity index (χ0n) is 38.4. The Hall–Kier alpha value is -1.19. The van der Waals surface area contributed by atoms with Crippen molar-refractivity contribution in [3.05, 3.63) is 48.6 Å². The molecule has 6 unspecified atom stereocenters. The molecule has 0 aromatic rings. The zero-order chi connectivity index (χ0) is 45.0. The number of rotatable bonds is 38. The summed E-state index contributed by atoms with van der Waals surface area (Å²) in [5.41, 5.74) is 0. The number of unbranched alkanes of at least 4 members (excludes halogenated alkanes) is 18. The first-order valence-corrected chi connectivity index (χ1v) is 24.9. The summed E-state index contributed by atoms with van der Waals surface area (Å²) in [6, 6.07) is 0. The summed E-state index contributed by atoms with van der Waals surface area (Å²) in [7, 11) is -5.38. The molecule has 0 aromatic carbocycles. The van der Waals surface area contributed by atoms with Crippen LogP contribution in [0.1, 0.15) is 181 Å². The summed E-state index contributed by atoms with van der Waals surface area (Å²) in [6.45, 7) is 3.14. The summed E-state index contributed by atoms with van der Waals surface area (Å²) in [5.74, 6) is -1.20. The van der Waals surface area contributed by atoms with Crippen molar-refractivity contribution < 1.29 is 92.7 Å². The molecule has 62 heavy (non-hydrogen) atoms. The summed E-state index contributed by atoms with van der Waals surface area (Å²) in [5, 5.41) is 50.0. The van der Waals surface area contributed by atoms with Gasteiger partial charge < -0.3 is 48.9 Å². The minimum absolute atomic E-state index is 0. The molecule has 0 spiro atoms. The number of phosphoric acid groups is 1. The Morgan fingerprint density at radius 3 is 1.40 bits per heavy atom. The van der Waals surface area contributed by atoms with Gasteiger partial charge in [0, 0.05) is 12.8 Å². The van der Waals surface area contributed by atoms with Gasteiger partial charge in [0.1, 0.15) is 43.2 Å². The molecular weight excluding hydrogens is 826 g/mol. The molecule has 0 aliphatic heterocycles. The standard InChI is InChI=1S/C47H83O13P.Na/c1-3-5-7-9-11-13-15-17-19-20-22-24-26-28-30-32-34-36-41(49)59-39(38-58-61(55,56)60-47-45(53)43(51)42(50)44(52)46(47)54)37-57-40(48)35-33-31-29-27-25-23-21-18-16-14-12-10-8-6-4-2;/h11,13,17,19,22,24,28,30,39,42-47,50-54H,3-10,12,14-16,18,20-21,23,25-27,29,31-38H2,1-2H3,(H,55,56);/q;+1/p-1/b13-11-,19-17-,24-22-,30-28-;/t39-,42?,43-,44?,45?,46?,47?;/m1./s1. The van der Waals surface area contributed by atoms with Gasteiger partial charge in [-0.2, -0.15) is 0 Å². The molecule has 8 atom stereocenters. The molecule has 1 aliphatic rings. The molecule has 0 bridgehead atoms. The van der Waals surface area contributed by atoms with Gasteiger partial charge in [0.05, 0.1) is 6.61 Å². The van der Waals surface area contributed by atoms with Crippen LogP contribution in [0.25, 0.3) is 0 Å². The van der Waals surface area contributed by atoms with Crippen LogP contribution in [0.3, 0.4) is 0 Å². The van der Waals surface area contributed by atoms with Crippen molar-refractivity contribution in [2.45, 2.75) is 224 Å². The van der Waals surface area contributed by atoms with E-state index in [1.54, 1.807) is 0 Å². The van der Waals surface area contributed by atoms with Gasteiger partial charge in [0.2, 0.25) is 0 Å². The maximum absolute atomic E-state index is 12.7. The second-order valence-electron chi connectivity index (χ2n) is 16.2. The van der Waals surface area contributed by atoms with E-state index in [9.17, 15) is 44.6 Å². The van der Waals surface area contributed by atoms with Gasteiger partial charge in [-0.05, 0) is 51.4 Å². The van der Waals surface area contributed by atoms with E-state index >= 15 is 0 Å². The van der Waals surface area contributed by atoms with E-state index in [1.807, 2.05) is 12.2 Å². The molecule has 1 saturated carbocycles. The number of hydrogen-bond acceptors (Lipinski definition) is 13. The van der Waals surface area contributed by atoms with Crippen molar-refractivity contribution >= 4 is 19.8 Å². The molecule has 1 rings (SSSR count). The third-order valence-electron chi connectivity index (χ3n) is 10.7. The Morgan fingerprint density at radius 2 is 0.919 bits per heavy atom. The topological polar surface area (TPSA) is 212 Å². The third-order valence-corrected chi connectivity index (χ3v) is 11.6. The monoisotopic (exact) mass is 909 g/mol. The first-order valence-electron chi connectivity index (χ1n) is 23.4.